The van der Waals surface area contributed by atoms with Crippen LogP contribution >= 0.6 is 11.3 Å². The van der Waals surface area contributed by atoms with E-state index in [1.807, 2.05) is 19.1 Å². The fourth-order valence-electron chi connectivity index (χ4n) is 3.84. The van der Waals surface area contributed by atoms with Gasteiger partial charge < -0.3 is 10.1 Å². The summed E-state index contributed by atoms with van der Waals surface area (Å²) < 4.78 is 6.16. The van der Waals surface area contributed by atoms with Crippen molar-refractivity contribution in [1.29, 1.82) is 0 Å². The maximum absolute atomic E-state index is 12.6. The number of hydrogen-bond donors (Lipinski definition) is 1. The van der Waals surface area contributed by atoms with Crippen LogP contribution in [0.15, 0.2) is 35.8 Å². The molecule has 0 bridgehead atoms. The summed E-state index contributed by atoms with van der Waals surface area (Å²) in [7, 11) is 0. The zero-order valence-electron chi connectivity index (χ0n) is 14.4. The molecule has 2 aromatic heterocycles. The molecule has 2 aromatic rings. The lowest BCUT2D eigenvalue weighted by Crippen LogP contribution is -2.46. The van der Waals surface area contributed by atoms with Crippen LogP contribution in [-0.2, 0) is 16.1 Å². The Morgan fingerprint density at radius 2 is 2.28 bits per heavy atom. The Labute approximate surface area is 152 Å². The molecule has 0 saturated carbocycles. The average molecular weight is 357 g/mol. The van der Waals surface area contributed by atoms with Crippen LogP contribution in [0.25, 0.3) is 0 Å². The number of carbonyl (C=O) groups excluding carboxylic acids is 1. The van der Waals surface area contributed by atoms with E-state index in [0.717, 1.165) is 43.7 Å². The Morgan fingerprint density at radius 3 is 3.08 bits per heavy atom. The van der Waals surface area contributed by atoms with Gasteiger partial charge in [-0.2, -0.15) is 0 Å². The van der Waals surface area contributed by atoms with Crippen LogP contribution in [0.3, 0.4) is 0 Å². The molecule has 2 aliphatic heterocycles. The second-order valence-electron chi connectivity index (χ2n) is 6.77. The van der Waals surface area contributed by atoms with Crippen molar-refractivity contribution in [2.45, 2.75) is 51.0 Å². The number of fused-ring (bicyclic) bond motifs is 1. The van der Waals surface area contributed by atoms with Crippen molar-refractivity contribution in [1.82, 2.24) is 9.88 Å². The Morgan fingerprint density at radius 1 is 1.36 bits per heavy atom. The number of anilines is 1. The number of nitrogens with one attached hydrogen (secondary N) is 1. The van der Waals surface area contributed by atoms with Crippen LogP contribution in [0.4, 0.5) is 5.69 Å². The van der Waals surface area contributed by atoms with Crippen molar-refractivity contribution >= 4 is 22.9 Å². The molecule has 5 nitrogen and oxygen atoms in total. The predicted molar refractivity (Wildman–Crippen MR) is 98.6 cm³/mol. The molecule has 0 radical (unpaired) electrons. The largest absolute Gasteiger partial charge is 0.363 e. The molecule has 1 amide bonds. The maximum atomic E-state index is 12.6. The van der Waals surface area contributed by atoms with E-state index in [1.54, 1.807) is 17.5 Å². The number of thiophene rings is 1. The van der Waals surface area contributed by atoms with Crippen molar-refractivity contribution in [3.05, 3.63) is 46.4 Å². The Kier molecular flexibility index (Phi) is 4.83. The van der Waals surface area contributed by atoms with Gasteiger partial charge in [-0.15, -0.1) is 11.3 Å². The molecular weight excluding hydrogens is 334 g/mol. The highest BCUT2D eigenvalue weighted by Gasteiger charge is 2.41. The zero-order valence-corrected chi connectivity index (χ0v) is 15.2. The smallest absolute Gasteiger partial charge is 0.253 e. The van der Waals surface area contributed by atoms with Gasteiger partial charge in [-0.05, 0) is 49.8 Å². The van der Waals surface area contributed by atoms with E-state index in [1.165, 1.54) is 4.88 Å². The number of aromatic nitrogens is 1. The van der Waals surface area contributed by atoms with Crippen LogP contribution in [0.2, 0.25) is 0 Å². The topological polar surface area (TPSA) is 54.5 Å². The molecular formula is C19H23N3O2S. The lowest BCUT2D eigenvalue weighted by molar-refractivity contribution is -0.138. The fraction of sp³-hybridized carbons (Fsp3) is 0.474. The van der Waals surface area contributed by atoms with Crippen molar-refractivity contribution in [2.24, 2.45) is 0 Å². The van der Waals surface area contributed by atoms with Crippen LogP contribution in [-0.4, -0.2) is 40.6 Å². The maximum Gasteiger partial charge on any atom is 0.253 e. The molecule has 3 atom stereocenters. The first-order chi connectivity index (χ1) is 12.2. The van der Waals surface area contributed by atoms with Gasteiger partial charge >= 0.3 is 0 Å². The molecule has 0 aliphatic carbocycles. The van der Waals surface area contributed by atoms with E-state index in [0.29, 0.717) is 6.04 Å². The average Bonchev–Trinajstić information content (AvgIpc) is 3.27. The fourth-order valence-corrected chi connectivity index (χ4v) is 4.57. The van der Waals surface area contributed by atoms with Crippen molar-refractivity contribution < 1.29 is 9.53 Å². The number of amides is 1. The number of pyridine rings is 1. The molecule has 0 unspecified atom stereocenters. The van der Waals surface area contributed by atoms with Gasteiger partial charge in [0.2, 0.25) is 0 Å². The molecule has 132 valence electrons. The summed E-state index contributed by atoms with van der Waals surface area (Å²) in [5, 5.41) is 5.10. The van der Waals surface area contributed by atoms with Crippen LogP contribution in [0.5, 0.6) is 0 Å². The normalized spacial score (nSPS) is 26.4. The van der Waals surface area contributed by atoms with Crippen LogP contribution < -0.4 is 5.32 Å². The van der Waals surface area contributed by atoms with Gasteiger partial charge in [-0.25, -0.2) is 0 Å². The number of hydrogen-bond acceptors (Lipinski definition) is 5. The van der Waals surface area contributed by atoms with E-state index in [4.69, 9.17) is 4.74 Å². The SMILES string of the molecule is Cc1ncccc1NC(=O)[C@@H]1CC[C@@H]2[C@@H](CCN2Cc2cccs2)O1. The summed E-state index contributed by atoms with van der Waals surface area (Å²) in [4.78, 5) is 20.7. The summed E-state index contributed by atoms with van der Waals surface area (Å²) in [5.41, 5.74) is 1.59. The molecule has 25 heavy (non-hydrogen) atoms. The molecule has 0 spiro atoms. The minimum absolute atomic E-state index is 0.0498. The number of likely N-dealkylation sites (tertiary alicyclic amines) is 1. The summed E-state index contributed by atoms with van der Waals surface area (Å²) in [6, 6.07) is 8.44. The highest BCUT2D eigenvalue weighted by molar-refractivity contribution is 7.09. The monoisotopic (exact) mass is 357 g/mol. The highest BCUT2D eigenvalue weighted by Crippen LogP contribution is 2.33. The molecule has 2 aliphatic rings. The van der Waals surface area contributed by atoms with Crippen molar-refractivity contribution in [3.8, 4) is 0 Å². The quantitative estimate of drug-likeness (QED) is 0.913. The third-order valence-electron chi connectivity index (χ3n) is 5.16. The lowest BCUT2D eigenvalue weighted by Gasteiger charge is -2.35. The van der Waals surface area contributed by atoms with Crippen LogP contribution in [0.1, 0.15) is 29.8 Å². The number of aryl methyl sites for hydroxylation is 1. The predicted octanol–water partition coefficient (Wildman–Crippen LogP) is 3.21. The minimum Gasteiger partial charge on any atom is -0.363 e. The molecule has 4 heterocycles. The summed E-state index contributed by atoms with van der Waals surface area (Å²) >= 11 is 1.80. The van der Waals surface area contributed by atoms with Crippen molar-refractivity contribution in [2.75, 3.05) is 11.9 Å². The van der Waals surface area contributed by atoms with Gasteiger partial charge in [-0.3, -0.25) is 14.7 Å². The van der Waals surface area contributed by atoms with Gasteiger partial charge in [0.25, 0.3) is 5.91 Å². The molecule has 1 N–H and O–H groups in total. The standard InChI is InChI=1S/C19H23N3O2S/c1-13-15(5-2-9-20-13)21-19(23)18-7-6-16-17(24-18)8-10-22(16)12-14-4-3-11-25-14/h2-5,9,11,16-18H,6-8,10,12H2,1H3,(H,21,23)/t16-,17-,18+/m1/s1. The second-order valence-corrected chi connectivity index (χ2v) is 7.80. The van der Waals surface area contributed by atoms with E-state index in [-0.39, 0.29) is 18.1 Å². The summed E-state index contributed by atoms with van der Waals surface area (Å²) in [5.74, 6) is -0.0498. The van der Waals surface area contributed by atoms with Gasteiger partial charge in [0.1, 0.15) is 6.10 Å². The number of rotatable bonds is 4. The van der Waals surface area contributed by atoms with E-state index in [2.05, 4.69) is 32.7 Å². The van der Waals surface area contributed by atoms with Gasteiger partial charge in [-0.1, -0.05) is 6.07 Å². The third kappa shape index (κ3) is 3.61. The van der Waals surface area contributed by atoms with E-state index in [9.17, 15) is 4.79 Å². The molecule has 2 fully saturated rings. The summed E-state index contributed by atoms with van der Waals surface area (Å²) in [6.45, 7) is 3.93. The highest BCUT2D eigenvalue weighted by atomic mass is 32.1. The minimum atomic E-state index is -0.359. The van der Waals surface area contributed by atoms with Crippen molar-refractivity contribution in [3.63, 3.8) is 0 Å². The number of nitrogens with zero attached hydrogens (tertiary/aromatic N) is 2. The first kappa shape index (κ1) is 16.7. The Hall–Kier alpha value is -1.76. The first-order valence-corrected chi connectivity index (χ1v) is 9.73. The lowest BCUT2D eigenvalue weighted by atomic mass is 9.98. The Balaban J connectivity index is 1.35. The number of carbonyl (C=O) groups is 1. The van der Waals surface area contributed by atoms with Gasteiger partial charge in [0, 0.05) is 30.2 Å². The second kappa shape index (κ2) is 7.23. The van der Waals surface area contributed by atoms with Crippen LogP contribution in [0, 0.1) is 6.92 Å². The third-order valence-corrected chi connectivity index (χ3v) is 6.02. The zero-order chi connectivity index (χ0) is 17.2. The first-order valence-electron chi connectivity index (χ1n) is 8.85. The molecule has 2 saturated heterocycles. The van der Waals surface area contributed by atoms with Gasteiger partial charge in [0.15, 0.2) is 0 Å². The Bertz CT molecular complexity index is 734. The van der Waals surface area contributed by atoms with E-state index >= 15 is 0 Å². The molecule has 0 aromatic carbocycles. The molecule has 4 rings (SSSR count). The van der Waals surface area contributed by atoms with E-state index < -0.39 is 0 Å². The number of ether oxygens (including phenoxy) is 1. The molecule has 6 heteroatoms. The van der Waals surface area contributed by atoms with Gasteiger partial charge in [0.05, 0.1) is 17.5 Å². The summed E-state index contributed by atoms with van der Waals surface area (Å²) in [6.07, 6.45) is 4.33.